The number of benzene rings is 1. The van der Waals surface area contributed by atoms with Crippen LogP contribution < -0.4 is 4.74 Å². The second-order valence-electron chi connectivity index (χ2n) is 6.03. The predicted octanol–water partition coefficient (Wildman–Crippen LogP) is 4.34. The van der Waals surface area contributed by atoms with Crippen molar-refractivity contribution in [2.45, 2.75) is 35.7 Å². The van der Waals surface area contributed by atoms with Crippen LogP contribution >= 0.6 is 39.0 Å². The Morgan fingerprint density at radius 2 is 1.92 bits per heavy atom. The molecule has 3 aromatic rings. The highest BCUT2D eigenvalue weighted by Gasteiger charge is 2.23. The minimum atomic E-state index is -0.0178. The van der Waals surface area contributed by atoms with Gasteiger partial charge < -0.3 is 4.74 Å². The standard InChI is InChI=1S/C15H16BrN5OS2/c1-15(2,3)11-12(16)23-14(17-11)24-13-18-19-20-21(13)9-5-7-10(22-4)8-6-9/h5-8H,1-4H3. The second kappa shape index (κ2) is 6.81. The number of rotatable bonds is 4. The summed E-state index contributed by atoms with van der Waals surface area (Å²) in [6.07, 6.45) is 0. The fraction of sp³-hybridized carbons (Fsp3) is 0.333. The molecular weight excluding hydrogens is 410 g/mol. The summed E-state index contributed by atoms with van der Waals surface area (Å²) in [5.74, 6) is 0.791. The lowest BCUT2D eigenvalue weighted by Gasteiger charge is -2.15. The van der Waals surface area contributed by atoms with Crippen LogP contribution in [-0.2, 0) is 5.41 Å². The van der Waals surface area contributed by atoms with E-state index in [0.29, 0.717) is 5.16 Å². The molecule has 6 nitrogen and oxygen atoms in total. The quantitative estimate of drug-likeness (QED) is 0.619. The van der Waals surface area contributed by atoms with Gasteiger partial charge in [-0.2, -0.15) is 4.68 Å². The third-order valence-electron chi connectivity index (χ3n) is 3.21. The van der Waals surface area contributed by atoms with Crippen LogP contribution in [0.15, 0.2) is 37.5 Å². The molecule has 0 saturated carbocycles. The van der Waals surface area contributed by atoms with Gasteiger partial charge in [-0.15, -0.1) is 5.10 Å². The summed E-state index contributed by atoms with van der Waals surface area (Å²) in [6.45, 7) is 6.42. The summed E-state index contributed by atoms with van der Waals surface area (Å²) < 4.78 is 8.81. The van der Waals surface area contributed by atoms with E-state index in [1.807, 2.05) is 24.3 Å². The van der Waals surface area contributed by atoms with Gasteiger partial charge >= 0.3 is 0 Å². The van der Waals surface area contributed by atoms with Gasteiger partial charge in [-0.1, -0.05) is 32.1 Å². The zero-order valence-electron chi connectivity index (χ0n) is 13.6. The van der Waals surface area contributed by atoms with E-state index in [4.69, 9.17) is 9.72 Å². The Bertz CT molecular complexity index is 838. The van der Waals surface area contributed by atoms with Crippen LogP contribution in [0.4, 0.5) is 0 Å². The molecule has 0 N–H and O–H groups in total. The Morgan fingerprint density at radius 1 is 1.21 bits per heavy atom. The molecule has 0 aliphatic carbocycles. The first kappa shape index (κ1) is 17.4. The highest BCUT2D eigenvalue weighted by molar-refractivity contribution is 9.11. The van der Waals surface area contributed by atoms with E-state index in [2.05, 4.69) is 52.2 Å². The lowest BCUT2D eigenvalue weighted by atomic mass is 9.93. The van der Waals surface area contributed by atoms with Gasteiger partial charge in [-0.25, -0.2) is 4.98 Å². The molecular formula is C15H16BrN5OS2. The van der Waals surface area contributed by atoms with E-state index < -0.39 is 0 Å². The molecule has 2 heterocycles. The van der Waals surface area contributed by atoms with Crippen molar-refractivity contribution in [1.82, 2.24) is 25.2 Å². The summed E-state index contributed by atoms with van der Waals surface area (Å²) in [4.78, 5) is 4.72. The molecule has 0 aliphatic rings. The summed E-state index contributed by atoms with van der Waals surface area (Å²) in [6, 6.07) is 7.58. The van der Waals surface area contributed by atoms with Crippen molar-refractivity contribution in [2.75, 3.05) is 7.11 Å². The number of tetrazole rings is 1. The number of hydrogen-bond acceptors (Lipinski definition) is 7. The highest BCUT2D eigenvalue weighted by atomic mass is 79.9. The number of aromatic nitrogens is 5. The van der Waals surface area contributed by atoms with Gasteiger partial charge in [0.25, 0.3) is 0 Å². The Labute approximate surface area is 156 Å². The van der Waals surface area contributed by atoms with E-state index in [1.54, 1.807) is 23.1 Å². The van der Waals surface area contributed by atoms with Crippen LogP contribution in [0.1, 0.15) is 26.5 Å². The van der Waals surface area contributed by atoms with Gasteiger partial charge in [0.15, 0.2) is 4.34 Å². The van der Waals surface area contributed by atoms with Crippen molar-refractivity contribution in [3.8, 4) is 11.4 Å². The Hall–Kier alpha value is -1.45. The Balaban J connectivity index is 1.88. The van der Waals surface area contributed by atoms with E-state index >= 15 is 0 Å². The van der Waals surface area contributed by atoms with Crippen LogP contribution in [-0.4, -0.2) is 32.3 Å². The maximum atomic E-state index is 5.18. The van der Waals surface area contributed by atoms with Gasteiger partial charge in [0.2, 0.25) is 5.16 Å². The fourth-order valence-corrected chi connectivity index (χ4v) is 5.44. The van der Waals surface area contributed by atoms with Crippen LogP contribution in [0.25, 0.3) is 5.69 Å². The van der Waals surface area contributed by atoms with Gasteiger partial charge in [0, 0.05) is 5.41 Å². The van der Waals surface area contributed by atoms with Crippen molar-refractivity contribution >= 4 is 39.0 Å². The maximum Gasteiger partial charge on any atom is 0.221 e. The van der Waals surface area contributed by atoms with Crippen molar-refractivity contribution in [2.24, 2.45) is 0 Å². The van der Waals surface area contributed by atoms with Gasteiger partial charge in [-0.05, 0) is 62.4 Å². The van der Waals surface area contributed by atoms with E-state index in [9.17, 15) is 0 Å². The molecule has 0 saturated heterocycles. The first-order valence-electron chi connectivity index (χ1n) is 7.16. The zero-order valence-corrected chi connectivity index (χ0v) is 16.9. The molecule has 0 amide bonds. The number of hydrogen-bond donors (Lipinski definition) is 0. The molecule has 0 fully saturated rings. The molecule has 24 heavy (non-hydrogen) atoms. The molecule has 0 aliphatic heterocycles. The largest absolute Gasteiger partial charge is 0.497 e. The molecule has 0 bridgehead atoms. The van der Waals surface area contributed by atoms with E-state index in [-0.39, 0.29) is 5.41 Å². The molecule has 3 rings (SSSR count). The van der Waals surface area contributed by atoms with Crippen LogP contribution in [0.3, 0.4) is 0 Å². The smallest absolute Gasteiger partial charge is 0.221 e. The number of ether oxygens (including phenoxy) is 1. The van der Waals surface area contributed by atoms with E-state index in [1.165, 1.54) is 11.8 Å². The first-order chi connectivity index (χ1) is 11.4. The zero-order chi connectivity index (χ0) is 17.3. The lowest BCUT2D eigenvalue weighted by Crippen LogP contribution is -2.12. The van der Waals surface area contributed by atoms with Gasteiger partial charge in [0.05, 0.1) is 22.3 Å². The van der Waals surface area contributed by atoms with E-state index in [0.717, 1.165) is 25.3 Å². The summed E-state index contributed by atoms with van der Waals surface area (Å²) >= 11 is 6.65. The molecule has 0 atom stereocenters. The first-order valence-corrected chi connectivity index (χ1v) is 9.58. The average Bonchev–Trinajstić information content (AvgIpc) is 3.14. The molecule has 0 unspecified atom stereocenters. The van der Waals surface area contributed by atoms with Crippen molar-refractivity contribution < 1.29 is 4.74 Å². The number of nitrogens with zero attached hydrogens (tertiary/aromatic N) is 5. The minimum Gasteiger partial charge on any atom is -0.497 e. The number of thiazole rings is 1. The van der Waals surface area contributed by atoms with Gasteiger partial charge in [-0.3, -0.25) is 0 Å². The minimum absolute atomic E-state index is 0.0178. The fourth-order valence-electron chi connectivity index (χ4n) is 2.00. The summed E-state index contributed by atoms with van der Waals surface area (Å²) in [5.41, 5.74) is 1.89. The lowest BCUT2D eigenvalue weighted by molar-refractivity contribution is 0.414. The van der Waals surface area contributed by atoms with Crippen molar-refractivity contribution in [3.63, 3.8) is 0 Å². The third kappa shape index (κ3) is 3.62. The average molecular weight is 426 g/mol. The van der Waals surface area contributed by atoms with Crippen LogP contribution in [0.2, 0.25) is 0 Å². The number of halogens is 1. The van der Waals surface area contributed by atoms with Crippen LogP contribution in [0.5, 0.6) is 5.75 Å². The van der Waals surface area contributed by atoms with Crippen molar-refractivity contribution in [1.29, 1.82) is 0 Å². The maximum absolute atomic E-state index is 5.18. The Kier molecular flexibility index (Phi) is 4.93. The topological polar surface area (TPSA) is 65.7 Å². The highest BCUT2D eigenvalue weighted by Crippen LogP contribution is 2.39. The molecule has 0 radical (unpaired) electrons. The van der Waals surface area contributed by atoms with Crippen molar-refractivity contribution in [3.05, 3.63) is 33.7 Å². The predicted molar refractivity (Wildman–Crippen MR) is 98.3 cm³/mol. The van der Waals surface area contributed by atoms with Crippen LogP contribution in [0, 0.1) is 0 Å². The third-order valence-corrected chi connectivity index (χ3v) is 5.92. The number of methoxy groups -OCH3 is 1. The molecule has 9 heteroatoms. The van der Waals surface area contributed by atoms with Gasteiger partial charge in [0.1, 0.15) is 5.75 Å². The summed E-state index contributed by atoms with van der Waals surface area (Å²) in [7, 11) is 1.64. The molecule has 126 valence electrons. The molecule has 2 aromatic heterocycles. The second-order valence-corrected chi connectivity index (χ2v) is 9.56. The monoisotopic (exact) mass is 425 g/mol. The SMILES string of the molecule is COc1ccc(-n2nnnc2Sc2nc(C(C)(C)C)c(Br)s2)cc1. The summed E-state index contributed by atoms with van der Waals surface area (Å²) in [5, 5.41) is 12.7. The Morgan fingerprint density at radius 3 is 2.50 bits per heavy atom. The normalized spacial score (nSPS) is 11.7. The molecule has 1 aromatic carbocycles. The molecule has 0 spiro atoms.